The molecule has 1 aromatic heterocycles. The maximum absolute atomic E-state index is 12.7. The Bertz CT molecular complexity index is 882. The molecule has 1 atom stereocenters. The van der Waals surface area contributed by atoms with Gasteiger partial charge in [-0.05, 0) is 37.8 Å². The van der Waals surface area contributed by atoms with E-state index in [0.29, 0.717) is 6.04 Å². The zero-order chi connectivity index (χ0) is 22.2. The van der Waals surface area contributed by atoms with E-state index < -0.39 is 0 Å². The van der Waals surface area contributed by atoms with Gasteiger partial charge < -0.3 is 15.5 Å². The van der Waals surface area contributed by atoms with Crippen molar-refractivity contribution in [3.05, 3.63) is 29.8 Å². The van der Waals surface area contributed by atoms with Crippen LogP contribution in [0, 0.1) is 0 Å². The van der Waals surface area contributed by atoms with Crippen molar-refractivity contribution in [3.63, 3.8) is 0 Å². The number of rotatable bonds is 9. The topological polar surface area (TPSA) is 87.2 Å². The molecule has 168 valence electrons. The van der Waals surface area contributed by atoms with Gasteiger partial charge >= 0.3 is 0 Å². The van der Waals surface area contributed by atoms with E-state index >= 15 is 0 Å². The van der Waals surface area contributed by atoms with Crippen LogP contribution < -0.4 is 10.6 Å². The smallest absolute Gasteiger partial charge is 0.243 e. The lowest BCUT2D eigenvalue weighted by Crippen LogP contribution is -2.39. The molecule has 1 saturated carbocycles. The Morgan fingerprint density at radius 2 is 1.97 bits per heavy atom. The summed E-state index contributed by atoms with van der Waals surface area (Å²) in [4.78, 5) is 26.6. The lowest BCUT2D eigenvalue weighted by atomic mass is 9.96. The summed E-state index contributed by atoms with van der Waals surface area (Å²) in [5, 5.41) is 15.3. The lowest BCUT2D eigenvalue weighted by Gasteiger charge is -2.21. The molecule has 1 fully saturated rings. The summed E-state index contributed by atoms with van der Waals surface area (Å²) < 4.78 is 0.758. The Morgan fingerprint density at radius 3 is 2.71 bits per heavy atom. The molecule has 0 aliphatic heterocycles. The van der Waals surface area contributed by atoms with E-state index in [2.05, 4.69) is 20.8 Å². The highest BCUT2D eigenvalue weighted by Crippen LogP contribution is 2.31. The number of thioether (sulfide) groups is 1. The SMILES string of the molecule is CCc1ccccc1NC(=O)CN(C)C(=O)C(C)Sc1nnc(NC2CCCCC2)s1. The van der Waals surface area contributed by atoms with Gasteiger partial charge in [-0.15, -0.1) is 10.2 Å². The predicted molar refractivity (Wildman–Crippen MR) is 128 cm³/mol. The molecule has 0 radical (unpaired) electrons. The van der Waals surface area contributed by atoms with Crippen molar-refractivity contribution < 1.29 is 9.59 Å². The number of hydrogen-bond acceptors (Lipinski definition) is 7. The van der Waals surface area contributed by atoms with Gasteiger partial charge in [0.15, 0.2) is 4.34 Å². The third-order valence-corrected chi connectivity index (χ3v) is 7.42. The van der Waals surface area contributed by atoms with Crippen molar-refractivity contribution in [1.29, 1.82) is 0 Å². The fourth-order valence-electron chi connectivity index (χ4n) is 3.68. The van der Waals surface area contributed by atoms with E-state index in [1.165, 1.54) is 60.1 Å². The minimum absolute atomic E-state index is 0.00634. The van der Waals surface area contributed by atoms with Crippen molar-refractivity contribution in [2.75, 3.05) is 24.2 Å². The molecular formula is C22H31N5O2S2. The zero-order valence-electron chi connectivity index (χ0n) is 18.4. The van der Waals surface area contributed by atoms with Crippen LogP contribution in [-0.2, 0) is 16.0 Å². The monoisotopic (exact) mass is 461 g/mol. The second-order valence-corrected chi connectivity index (χ2v) is 10.4. The summed E-state index contributed by atoms with van der Waals surface area (Å²) in [6.07, 6.45) is 7.00. The maximum Gasteiger partial charge on any atom is 0.243 e. The molecule has 1 heterocycles. The van der Waals surface area contributed by atoms with E-state index in [4.69, 9.17) is 0 Å². The second-order valence-electron chi connectivity index (χ2n) is 7.87. The van der Waals surface area contributed by atoms with Crippen LogP contribution in [0.4, 0.5) is 10.8 Å². The summed E-state index contributed by atoms with van der Waals surface area (Å²) in [5.74, 6) is -0.315. The molecule has 1 aromatic carbocycles. The first-order chi connectivity index (χ1) is 15.0. The van der Waals surface area contributed by atoms with E-state index in [1.54, 1.807) is 7.05 Å². The third-order valence-electron chi connectivity index (χ3n) is 5.39. The number of aromatic nitrogens is 2. The first-order valence-electron chi connectivity index (χ1n) is 10.9. The highest BCUT2D eigenvalue weighted by atomic mass is 32.2. The van der Waals surface area contributed by atoms with Gasteiger partial charge in [0.25, 0.3) is 0 Å². The van der Waals surface area contributed by atoms with Gasteiger partial charge in [0, 0.05) is 18.8 Å². The van der Waals surface area contributed by atoms with Gasteiger partial charge in [-0.1, -0.05) is 67.5 Å². The molecule has 3 rings (SSSR count). The molecule has 31 heavy (non-hydrogen) atoms. The predicted octanol–water partition coefficient (Wildman–Crippen LogP) is 4.42. The molecular weight excluding hydrogens is 430 g/mol. The van der Waals surface area contributed by atoms with E-state index in [0.717, 1.165) is 27.1 Å². The number of anilines is 2. The molecule has 9 heteroatoms. The second kappa shape index (κ2) is 11.5. The van der Waals surface area contributed by atoms with Gasteiger partial charge in [0.1, 0.15) is 0 Å². The van der Waals surface area contributed by atoms with E-state index in [1.807, 2.05) is 38.1 Å². The van der Waals surface area contributed by atoms with Crippen molar-refractivity contribution in [3.8, 4) is 0 Å². The number of aryl methyl sites for hydroxylation is 1. The lowest BCUT2D eigenvalue weighted by molar-refractivity contribution is -0.132. The van der Waals surface area contributed by atoms with Gasteiger partial charge in [-0.2, -0.15) is 0 Å². The van der Waals surface area contributed by atoms with Crippen LogP contribution in [0.5, 0.6) is 0 Å². The zero-order valence-corrected chi connectivity index (χ0v) is 20.0. The van der Waals surface area contributed by atoms with Gasteiger partial charge in [-0.3, -0.25) is 9.59 Å². The van der Waals surface area contributed by atoms with Crippen molar-refractivity contribution in [2.45, 2.75) is 68.0 Å². The number of carbonyl (C=O) groups is 2. The molecule has 0 spiro atoms. The molecule has 2 amide bonds. The van der Waals surface area contributed by atoms with Gasteiger partial charge in [0.2, 0.25) is 16.9 Å². The normalized spacial score (nSPS) is 15.3. The molecule has 1 aliphatic rings. The van der Waals surface area contributed by atoms with Crippen LogP contribution in [0.2, 0.25) is 0 Å². The Labute approximate surface area is 192 Å². The molecule has 7 nitrogen and oxygen atoms in total. The highest BCUT2D eigenvalue weighted by Gasteiger charge is 2.23. The van der Waals surface area contributed by atoms with Crippen molar-refractivity contribution in [2.24, 2.45) is 0 Å². The quantitative estimate of drug-likeness (QED) is 0.538. The number of para-hydroxylation sites is 1. The van der Waals surface area contributed by atoms with Crippen molar-refractivity contribution in [1.82, 2.24) is 15.1 Å². The van der Waals surface area contributed by atoms with E-state index in [9.17, 15) is 9.59 Å². The van der Waals surface area contributed by atoms with Crippen LogP contribution in [-0.4, -0.2) is 51.8 Å². The summed E-state index contributed by atoms with van der Waals surface area (Å²) in [6, 6.07) is 8.18. The minimum atomic E-state index is -0.351. The highest BCUT2D eigenvalue weighted by molar-refractivity contribution is 8.02. The maximum atomic E-state index is 12.7. The number of amides is 2. The van der Waals surface area contributed by atoms with Crippen LogP contribution >= 0.6 is 23.1 Å². The Morgan fingerprint density at radius 1 is 1.23 bits per heavy atom. The molecule has 0 bridgehead atoms. The molecule has 2 N–H and O–H groups in total. The summed E-state index contributed by atoms with van der Waals surface area (Å²) in [6.45, 7) is 3.89. The number of nitrogens with zero attached hydrogens (tertiary/aromatic N) is 3. The average molecular weight is 462 g/mol. The average Bonchev–Trinajstić information content (AvgIpc) is 3.20. The fourth-order valence-corrected chi connectivity index (χ4v) is 5.77. The third kappa shape index (κ3) is 6.93. The summed E-state index contributed by atoms with van der Waals surface area (Å²) in [5.41, 5.74) is 1.87. The number of carbonyl (C=O) groups excluding carboxylic acids is 2. The number of likely N-dealkylation sites (N-methyl/N-ethyl adjacent to an activating group) is 1. The first-order valence-corrected chi connectivity index (χ1v) is 12.5. The van der Waals surface area contributed by atoms with Crippen LogP contribution in [0.15, 0.2) is 28.6 Å². The fraction of sp³-hybridized carbons (Fsp3) is 0.545. The minimum Gasteiger partial charge on any atom is -0.357 e. The number of benzene rings is 1. The Kier molecular flexibility index (Phi) is 8.71. The standard InChI is InChI=1S/C22H31N5O2S2/c1-4-16-10-8-9-13-18(16)24-19(28)14-27(3)20(29)15(2)30-22-26-25-21(31-22)23-17-11-6-5-7-12-17/h8-10,13,15,17H,4-7,11-12,14H2,1-3H3,(H,23,25)(H,24,28). The molecule has 2 aromatic rings. The number of hydrogen-bond donors (Lipinski definition) is 2. The summed E-state index contributed by atoms with van der Waals surface area (Å²) in [7, 11) is 1.65. The van der Waals surface area contributed by atoms with Gasteiger partial charge in [-0.25, -0.2) is 0 Å². The Balaban J connectivity index is 1.48. The summed E-state index contributed by atoms with van der Waals surface area (Å²) >= 11 is 2.87. The van der Waals surface area contributed by atoms with Crippen LogP contribution in [0.1, 0.15) is 51.5 Å². The number of nitrogens with one attached hydrogen (secondary N) is 2. The first kappa shape index (κ1) is 23.5. The molecule has 0 saturated heterocycles. The largest absolute Gasteiger partial charge is 0.357 e. The van der Waals surface area contributed by atoms with Gasteiger partial charge in [0.05, 0.1) is 11.8 Å². The van der Waals surface area contributed by atoms with Crippen LogP contribution in [0.25, 0.3) is 0 Å². The molecule has 1 aliphatic carbocycles. The van der Waals surface area contributed by atoms with Crippen LogP contribution in [0.3, 0.4) is 0 Å². The van der Waals surface area contributed by atoms with Crippen molar-refractivity contribution >= 4 is 45.7 Å². The Hall–Kier alpha value is -2.13. The van der Waals surface area contributed by atoms with E-state index in [-0.39, 0.29) is 23.6 Å². The molecule has 1 unspecified atom stereocenters.